The zero-order valence-electron chi connectivity index (χ0n) is 19.8. The second-order valence-electron chi connectivity index (χ2n) is 6.30. The lowest BCUT2D eigenvalue weighted by Crippen LogP contribution is -2.04. The summed E-state index contributed by atoms with van der Waals surface area (Å²) in [7, 11) is 0. The highest BCUT2D eigenvalue weighted by Gasteiger charge is 2.15. The molecule has 198 valence electrons. The van der Waals surface area contributed by atoms with Gasteiger partial charge in [0, 0.05) is 65.0 Å². The first-order chi connectivity index (χ1) is 16.4. The first-order valence-corrected chi connectivity index (χ1v) is 9.47. The molecule has 14 heteroatoms. The lowest BCUT2D eigenvalue weighted by Gasteiger charge is -2.12. The number of carbonyl (C=O) groups is 5. The molecule has 0 aliphatic rings. The quantitative estimate of drug-likeness (QED) is 0.254. The van der Waals surface area contributed by atoms with Crippen molar-refractivity contribution in [3.8, 4) is 40.2 Å². The van der Waals surface area contributed by atoms with Gasteiger partial charge in [-0.2, -0.15) is 0 Å². The molecule has 6 N–H and O–H groups in total. The molecule has 0 aromatic heterocycles. The molecule has 2 aromatic rings. The average molecular weight is 514 g/mol. The molecule has 0 aliphatic carbocycles. The fraction of sp³-hybridized carbons (Fsp3) is 0.227. The molecule has 2 rings (SSSR count). The summed E-state index contributed by atoms with van der Waals surface area (Å²) in [6.45, 7) is 5.63. The van der Waals surface area contributed by atoms with Crippen LogP contribution in [0.4, 0.5) is 0 Å². The van der Waals surface area contributed by atoms with Gasteiger partial charge in [0.15, 0.2) is 11.5 Å². The largest absolute Gasteiger partial charge is 0.508 e. The van der Waals surface area contributed by atoms with Gasteiger partial charge in [0.1, 0.15) is 23.0 Å². The minimum absolute atomic E-state index is 0.0151. The zero-order valence-corrected chi connectivity index (χ0v) is 19.8. The first-order valence-electron chi connectivity index (χ1n) is 9.47. The van der Waals surface area contributed by atoms with Crippen molar-refractivity contribution in [1.29, 1.82) is 0 Å². The van der Waals surface area contributed by atoms with E-state index >= 15 is 0 Å². The van der Waals surface area contributed by atoms with Crippen LogP contribution in [0.3, 0.4) is 0 Å². The van der Waals surface area contributed by atoms with Crippen LogP contribution in [-0.4, -0.2) is 60.5 Å². The smallest absolute Gasteiger partial charge is 0.308 e. The Balaban J connectivity index is 0. The molecule has 0 spiro atoms. The van der Waals surface area contributed by atoms with Crippen molar-refractivity contribution in [3.63, 3.8) is 0 Å². The van der Waals surface area contributed by atoms with Crippen LogP contribution in [-0.2, 0) is 24.0 Å². The van der Waals surface area contributed by atoms with Gasteiger partial charge in [-0.3, -0.25) is 24.0 Å². The summed E-state index contributed by atoms with van der Waals surface area (Å²) in [5.41, 5.74) is 0. The Bertz CT molecular complexity index is 977. The molecule has 0 heterocycles. The molecule has 0 fully saturated rings. The molecule has 2 aromatic carbocycles. The number of hydrogen-bond donors (Lipinski definition) is 6. The minimum atomic E-state index is -0.833. The maximum atomic E-state index is 11.1. The summed E-state index contributed by atoms with van der Waals surface area (Å²) in [5, 5.41) is 51.0. The summed E-state index contributed by atoms with van der Waals surface area (Å²) < 4.78 is 15.2. The van der Waals surface area contributed by atoms with Crippen LogP contribution in [0.2, 0.25) is 0 Å². The number of carboxylic acid groups (broad SMARTS) is 3. The fourth-order valence-corrected chi connectivity index (χ4v) is 1.86. The molecule has 0 unspecified atom stereocenters. The highest BCUT2D eigenvalue weighted by atomic mass is 16.5. The zero-order chi connectivity index (χ0) is 28.6. The Labute approximate surface area is 204 Å². The van der Waals surface area contributed by atoms with Gasteiger partial charge in [0.2, 0.25) is 5.75 Å². The van der Waals surface area contributed by atoms with Crippen LogP contribution in [0.1, 0.15) is 34.6 Å². The molecular formula is C22H26O14. The topological polar surface area (TPSA) is 234 Å². The summed E-state index contributed by atoms with van der Waals surface area (Å²) >= 11 is 0. The Hall–Kier alpha value is -5.01. The van der Waals surface area contributed by atoms with Crippen molar-refractivity contribution in [1.82, 2.24) is 0 Å². The molecule has 0 aliphatic heterocycles. The number of aromatic hydroxyl groups is 3. The third-order valence-electron chi connectivity index (χ3n) is 2.63. The van der Waals surface area contributed by atoms with Crippen LogP contribution < -0.4 is 14.2 Å². The second kappa shape index (κ2) is 16.6. The fourth-order valence-electron chi connectivity index (χ4n) is 1.86. The molecule has 0 amide bonds. The van der Waals surface area contributed by atoms with Gasteiger partial charge in [-0.15, -0.1) is 0 Å². The molecule has 0 saturated carbocycles. The lowest BCUT2D eigenvalue weighted by molar-refractivity contribution is -0.135. The van der Waals surface area contributed by atoms with E-state index in [-0.39, 0.29) is 28.7 Å². The molecular weight excluding hydrogens is 488 g/mol. The van der Waals surface area contributed by atoms with E-state index in [0.29, 0.717) is 0 Å². The molecule has 0 radical (unpaired) electrons. The maximum Gasteiger partial charge on any atom is 0.308 e. The molecule has 0 bridgehead atoms. The van der Waals surface area contributed by atoms with Crippen molar-refractivity contribution in [2.45, 2.75) is 34.6 Å². The highest BCUT2D eigenvalue weighted by Crippen LogP contribution is 2.43. The number of benzene rings is 2. The number of carbonyl (C=O) groups excluding carboxylic acids is 2. The van der Waals surface area contributed by atoms with Gasteiger partial charge in [-0.25, -0.2) is 0 Å². The van der Waals surface area contributed by atoms with Crippen molar-refractivity contribution in [3.05, 3.63) is 30.3 Å². The first kappa shape index (κ1) is 33.2. The van der Waals surface area contributed by atoms with Crippen molar-refractivity contribution < 1.29 is 68.8 Å². The molecule has 0 saturated heterocycles. The predicted octanol–water partition coefficient (Wildman–Crippen LogP) is 2.72. The standard InChI is InChI=1S/C16H14O8.3C2H4O2/c1-8(17)22-11-5-12(23-9(2)18)7-13(6-11)24-16-14(20)3-10(19)4-15(16)21;3*1-2(3)4/h3-7,19-21H,1-2H3;3*1H3,(H,3,4). The van der Waals surface area contributed by atoms with E-state index in [2.05, 4.69) is 0 Å². The summed E-state index contributed by atoms with van der Waals surface area (Å²) in [6.07, 6.45) is 0. The minimum Gasteiger partial charge on any atom is -0.508 e. The van der Waals surface area contributed by atoms with Crippen LogP contribution in [0.25, 0.3) is 0 Å². The van der Waals surface area contributed by atoms with Gasteiger partial charge in [-0.1, -0.05) is 0 Å². The third-order valence-corrected chi connectivity index (χ3v) is 2.63. The van der Waals surface area contributed by atoms with Gasteiger partial charge in [-0.05, 0) is 0 Å². The van der Waals surface area contributed by atoms with Crippen LogP contribution in [0.15, 0.2) is 30.3 Å². The summed E-state index contributed by atoms with van der Waals surface area (Å²) in [5.74, 6) is -5.33. The number of phenolic OH excluding ortho intramolecular Hbond substituents is 3. The number of esters is 2. The summed E-state index contributed by atoms with van der Waals surface area (Å²) in [4.78, 5) is 49.2. The third kappa shape index (κ3) is 18.6. The van der Waals surface area contributed by atoms with Crippen LogP contribution in [0.5, 0.6) is 40.2 Å². The predicted molar refractivity (Wildman–Crippen MR) is 120 cm³/mol. The number of carboxylic acids is 3. The van der Waals surface area contributed by atoms with E-state index in [0.717, 1.165) is 32.9 Å². The Morgan fingerprint density at radius 3 is 1.11 bits per heavy atom. The second-order valence-corrected chi connectivity index (χ2v) is 6.30. The number of hydrogen-bond acceptors (Lipinski definition) is 11. The lowest BCUT2D eigenvalue weighted by atomic mass is 10.2. The van der Waals surface area contributed by atoms with E-state index in [1.807, 2.05) is 0 Å². The van der Waals surface area contributed by atoms with E-state index in [9.17, 15) is 24.9 Å². The Kier molecular flexibility index (Phi) is 15.3. The number of ether oxygens (including phenoxy) is 3. The van der Waals surface area contributed by atoms with Gasteiger partial charge in [0.25, 0.3) is 17.9 Å². The highest BCUT2D eigenvalue weighted by molar-refractivity contribution is 5.72. The maximum absolute atomic E-state index is 11.1. The SMILES string of the molecule is CC(=O)O.CC(=O)O.CC(=O)O.CC(=O)Oc1cc(OC(C)=O)cc(Oc2c(O)cc(O)cc2O)c1. The monoisotopic (exact) mass is 514 g/mol. The van der Waals surface area contributed by atoms with Gasteiger partial charge >= 0.3 is 11.9 Å². The van der Waals surface area contributed by atoms with E-state index < -0.39 is 41.3 Å². The van der Waals surface area contributed by atoms with Gasteiger partial charge < -0.3 is 44.8 Å². The van der Waals surface area contributed by atoms with Crippen molar-refractivity contribution in [2.75, 3.05) is 0 Å². The van der Waals surface area contributed by atoms with E-state index in [1.165, 1.54) is 32.0 Å². The average Bonchev–Trinajstić information content (AvgIpc) is 2.62. The van der Waals surface area contributed by atoms with Gasteiger partial charge in [0.05, 0.1) is 0 Å². The molecule has 36 heavy (non-hydrogen) atoms. The Morgan fingerprint density at radius 2 is 0.833 bits per heavy atom. The summed E-state index contributed by atoms with van der Waals surface area (Å²) in [6, 6.07) is 5.82. The molecule has 0 atom stereocenters. The van der Waals surface area contributed by atoms with Crippen molar-refractivity contribution >= 4 is 29.8 Å². The number of aliphatic carboxylic acids is 3. The molecule has 14 nitrogen and oxygen atoms in total. The van der Waals surface area contributed by atoms with Crippen molar-refractivity contribution in [2.24, 2.45) is 0 Å². The number of rotatable bonds is 4. The number of phenols is 3. The van der Waals surface area contributed by atoms with E-state index in [1.54, 1.807) is 0 Å². The van der Waals surface area contributed by atoms with E-state index in [4.69, 9.17) is 43.9 Å². The van der Waals surface area contributed by atoms with Crippen LogP contribution in [0, 0.1) is 0 Å². The normalized spacial score (nSPS) is 8.81. The van der Waals surface area contributed by atoms with Crippen LogP contribution >= 0.6 is 0 Å². The Morgan fingerprint density at radius 1 is 0.556 bits per heavy atom.